The third kappa shape index (κ3) is 2.51. The molecule has 0 spiro atoms. The molecule has 0 bridgehead atoms. The summed E-state index contributed by atoms with van der Waals surface area (Å²) >= 11 is 0. The highest BCUT2D eigenvalue weighted by Crippen LogP contribution is 2.17. The molecule has 21 heavy (non-hydrogen) atoms. The number of aryl methyl sites for hydroxylation is 1. The van der Waals surface area contributed by atoms with Crippen molar-refractivity contribution in [2.24, 2.45) is 0 Å². The molecule has 0 atom stereocenters. The molecule has 1 heterocycles. The zero-order valence-corrected chi connectivity index (χ0v) is 11.6. The van der Waals surface area contributed by atoms with E-state index < -0.39 is 5.91 Å². The number of aromatic nitrogens is 2. The Morgan fingerprint density at radius 3 is 2.62 bits per heavy atom. The second kappa shape index (κ2) is 5.38. The third-order valence-corrected chi connectivity index (χ3v) is 3.50. The van der Waals surface area contributed by atoms with Gasteiger partial charge in [-0.3, -0.25) is 10.0 Å². The maximum Gasteiger partial charge on any atom is 0.274 e. The van der Waals surface area contributed by atoms with Gasteiger partial charge in [0.05, 0.1) is 11.0 Å². The second-order valence-corrected chi connectivity index (χ2v) is 4.87. The van der Waals surface area contributed by atoms with Crippen molar-refractivity contribution in [1.29, 1.82) is 0 Å². The summed E-state index contributed by atoms with van der Waals surface area (Å²) in [5.74, 6) is 0.444. The number of para-hydroxylation sites is 2. The number of amides is 1. The van der Waals surface area contributed by atoms with E-state index in [1.54, 1.807) is 17.6 Å². The number of fused-ring (bicyclic) bond motifs is 1. The number of hydroxylamine groups is 1. The van der Waals surface area contributed by atoms with Crippen LogP contribution in [0.4, 0.5) is 0 Å². The average molecular weight is 281 g/mol. The van der Waals surface area contributed by atoms with Crippen molar-refractivity contribution in [3.63, 3.8) is 0 Å². The molecule has 0 unspecified atom stereocenters. The van der Waals surface area contributed by atoms with Gasteiger partial charge in [0.25, 0.3) is 5.91 Å². The van der Waals surface area contributed by atoms with Gasteiger partial charge in [0.1, 0.15) is 5.82 Å². The lowest BCUT2D eigenvalue weighted by atomic mass is 10.1. The monoisotopic (exact) mass is 281 g/mol. The van der Waals surface area contributed by atoms with Crippen LogP contribution in [-0.2, 0) is 6.54 Å². The summed E-state index contributed by atoms with van der Waals surface area (Å²) in [5, 5.41) is 8.61. The van der Waals surface area contributed by atoms with Gasteiger partial charge >= 0.3 is 0 Å². The second-order valence-electron chi connectivity index (χ2n) is 4.87. The molecule has 1 aromatic heterocycles. The van der Waals surface area contributed by atoms with E-state index in [0.29, 0.717) is 12.1 Å². The summed E-state index contributed by atoms with van der Waals surface area (Å²) in [6.45, 7) is 2.67. The first-order chi connectivity index (χ1) is 10.2. The lowest BCUT2D eigenvalue weighted by Gasteiger charge is -2.08. The molecule has 0 aliphatic rings. The lowest BCUT2D eigenvalue weighted by Crippen LogP contribution is -2.18. The number of nitrogens with zero attached hydrogens (tertiary/aromatic N) is 2. The minimum Gasteiger partial charge on any atom is -0.324 e. The van der Waals surface area contributed by atoms with Crippen LogP contribution in [0.1, 0.15) is 21.7 Å². The molecule has 3 rings (SSSR count). The van der Waals surface area contributed by atoms with Gasteiger partial charge in [-0.15, -0.1) is 0 Å². The fourth-order valence-corrected chi connectivity index (χ4v) is 2.40. The number of hydrogen-bond donors (Lipinski definition) is 2. The van der Waals surface area contributed by atoms with Gasteiger partial charge in [0.15, 0.2) is 0 Å². The van der Waals surface area contributed by atoms with Crippen molar-refractivity contribution < 1.29 is 10.0 Å². The summed E-state index contributed by atoms with van der Waals surface area (Å²) in [6, 6.07) is 15.1. The Labute approximate surface area is 121 Å². The fraction of sp³-hybridized carbons (Fsp3) is 0.125. The predicted octanol–water partition coefficient (Wildman–Crippen LogP) is 2.51. The van der Waals surface area contributed by atoms with Crippen molar-refractivity contribution in [2.75, 3.05) is 0 Å². The van der Waals surface area contributed by atoms with E-state index >= 15 is 0 Å². The number of carbonyl (C=O) groups excluding carboxylic acids is 1. The molecular formula is C16H15N3O2. The zero-order chi connectivity index (χ0) is 14.8. The maximum atomic E-state index is 11.3. The van der Waals surface area contributed by atoms with Crippen LogP contribution in [0.2, 0.25) is 0 Å². The summed E-state index contributed by atoms with van der Waals surface area (Å²) in [6.07, 6.45) is 0. The lowest BCUT2D eigenvalue weighted by molar-refractivity contribution is 0.0706. The average Bonchev–Trinajstić information content (AvgIpc) is 2.83. The van der Waals surface area contributed by atoms with Crippen molar-refractivity contribution in [1.82, 2.24) is 15.0 Å². The fourth-order valence-electron chi connectivity index (χ4n) is 2.40. The molecule has 0 aliphatic heterocycles. The van der Waals surface area contributed by atoms with Gasteiger partial charge in [0.2, 0.25) is 0 Å². The molecule has 3 aromatic rings. The van der Waals surface area contributed by atoms with E-state index in [9.17, 15) is 4.79 Å². The summed E-state index contributed by atoms with van der Waals surface area (Å²) < 4.78 is 2.14. The summed E-state index contributed by atoms with van der Waals surface area (Å²) in [7, 11) is 0. The van der Waals surface area contributed by atoms with Crippen molar-refractivity contribution in [3.05, 3.63) is 65.5 Å². The number of hydrogen-bond acceptors (Lipinski definition) is 3. The van der Waals surface area contributed by atoms with Crippen LogP contribution in [0.3, 0.4) is 0 Å². The van der Waals surface area contributed by atoms with Crippen LogP contribution in [-0.4, -0.2) is 20.7 Å². The van der Waals surface area contributed by atoms with Gasteiger partial charge in [0, 0.05) is 12.1 Å². The number of imidazole rings is 1. The molecule has 0 aliphatic carbocycles. The van der Waals surface area contributed by atoms with Crippen LogP contribution in [0.5, 0.6) is 0 Å². The van der Waals surface area contributed by atoms with Gasteiger partial charge in [-0.2, -0.15) is 0 Å². The highest BCUT2D eigenvalue weighted by atomic mass is 16.5. The summed E-state index contributed by atoms with van der Waals surface area (Å²) in [4.78, 5) is 15.8. The predicted molar refractivity (Wildman–Crippen MR) is 79.3 cm³/mol. The van der Waals surface area contributed by atoms with E-state index in [1.807, 2.05) is 43.3 Å². The number of nitrogens with one attached hydrogen (secondary N) is 1. The van der Waals surface area contributed by atoms with Crippen LogP contribution < -0.4 is 5.48 Å². The number of carbonyl (C=O) groups is 1. The van der Waals surface area contributed by atoms with Gasteiger partial charge in [-0.25, -0.2) is 10.5 Å². The Morgan fingerprint density at radius 2 is 1.90 bits per heavy atom. The number of rotatable bonds is 3. The molecule has 2 N–H and O–H groups in total. The van der Waals surface area contributed by atoms with Gasteiger partial charge < -0.3 is 4.57 Å². The molecule has 0 saturated heterocycles. The van der Waals surface area contributed by atoms with Crippen molar-refractivity contribution in [3.8, 4) is 0 Å². The molecule has 2 aromatic carbocycles. The van der Waals surface area contributed by atoms with Crippen LogP contribution in [0.25, 0.3) is 11.0 Å². The quantitative estimate of drug-likeness (QED) is 0.572. The molecule has 0 fully saturated rings. The Morgan fingerprint density at radius 1 is 1.19 bits per heavy atom. The van der Waals surface area contributed by atoms with E-state index in [4.69, 9.17) is 5.21 Å². The van der Waals surface area contributed by atoms with Gasteiger partial charge in [-0.1, -0.05) is 24.3 Å². The zero-order valence-electron chi connectivity index (χ0n) is 11.6. The molecule has 106 valence electrons. The van der Waals surface area contributed by atoms with Crippen LogP contribution >= 0.6 is 0 Å². The standard InChI is InChI=1S/C16H15N3O2/c1-11-17-14-4-2-3-5-15(14)19(11)10-12-6-8-13(9-7-12)16(20)18-21/h2-9,21H,10H2,1H3,(H,18,20). The Bertz CT molecular complexity index is 791. The first-order valence-electron chi connectivity index (χ1n) is 6.64. The third-order valence-electron chi connectivity index (χ3n) is 3.50. The maximum absolute atomic E-state index is 11.3. The Hall–Kier alpha value is -2.66. The topological polar surface area (TPSA) is 67.2 Å². The first kappa shape index (κ1) is 13.3. The molecule has 0 saturated carbocycles. The normalized spacial score (nSPS) is 10.8. The van der Waals surface area contributed by atoms with E-state index in [1.165, 1.54) is 0 Å². The molecule has 0 radical (unpaired) electrons. The number of benzene rings is 2. The molecule has 5 heteroatoms. The highest BCUT2D eigenvalue weighted by Gasteiger charge is 2.08. The Kier molecular flexibility index (Phi) is 3.41. The minimum absolute atomic E-state index is 0.425. The van der Waals surface area contributed by atoms with E-state index in [0.717, 1.165) is 22.4 Å². The summed E-state index contributed by atoms with van der Waals surface area (Å²) in [5.41, 5.74) is 5.18. The minimum atomic E-state index is -0.509. The van der Waals surface area contributed by atoms with E-state index in [-0.39, 0.29) is 0 Å². The molecule has 1 amide bonds. The van der Waals surface area contributed by atoms with Crippen molar-refractivity contribution in [2.45, 2.75) is 13.5 Å². The first-order valence-corrected chi connectivity index (χ1v) is 6.64. The largest absolute Gasteiger partial charge is 0.324 e. The van der Waals surface area contributed by atoms with Crippen molar-refractivity contribution >= 4 is 16.9 Å². The van der Waals surface area contributed by atoms with E-state index in [2.05, 4.69) is 9.55 Å². The highest BCUT2D eigenvalue weighted by molar-refractivity contribution is 5.93. The van der Waals surface area contributed by atoms with Crippen LogP contribution in [0.15, 0.2) is 48.5 Å². The smallest absolute Gasteiger partial charge is 0.274 e. The molecular weight excluding hydrogens is 266 g/mol. The molecule has 5 nitrogen and oxygen atoms in total. The van der Waals surface area contributed by atoms with Crippen LogP contribution in [0, 0.1) is 6.92 Å². The van der Waals surface area contributed by atoms with Gasteiger partial charge in [-0.05, 0) is 36.8 Å². The SMILES string of the molecule is Cc1nc2ccccc2n1Cc1ccc(C(=O)NO)cc1. The Balaban J connectivity index is 1.92.